The van der Waals surface area contributed by atoms with Gasteiger partial charge in [-0.1, -0.05) is 365 Å². The van der Waals surface area contributed by atoms with Gasteiger partial charge in [-0.15, -0.1) is 0 Å². The van der Waals surface area contributed by atoms with Gasteiger partial charge in [0.2, 0.25) is 0 Å². The number of rotatable bonds is 68. The number of unbranched alkanes of at least 4 members (excludes halogenated alkanes) is 51. The highest BCUT2D eigenvalue weighted by Crippen LogP contribution is 2.19. The van der Waals surface area contributed by atoms with Gasteiger partial charge in [0.25, 0.3) is 0 Å². The van der Waals surface area contributed by atoms with E-state index in [1.807, 2.05) is 0 Å². The number of carbonyl (C=O) groups excluding carboxylic acids is 3. The topological polar surface area (TPSA) is 78.9 Å². The maximum atomic E-state index is 13.0. The molecule has 0 aliphatic rings. The van der Waals surface area contributed by atoms with Gasteiger partial charge < -0.3 is 14.2 Å². The Kier molecular flexibility index (Phi) is 68.1. The van der Waals surface area contributed by atoms with Crippen molar-refractivity contribution in [3.05, 3.63) is 36.5 Å². The molecular weight excluding hydrogens is 997 g/mol. The molecule has 0 spiro atoms. The third kappa shape index (κ3) is 68.3. The average molecular weight is 1140 g/mol. The summed E-state index contributed by atoms with van der Waals surface area (Å²) in [5.74, 6) is -0.852. The van der Waals surface area contributed by atoms with E-state index < -0.39 is 6.10 Å². The molecule has 0 saturated carbocycles. The third-order valence-corrected chi connectivity index (χ3v) is 16.6. The molecule has 0 radical (unpaired) electrons. The summed E-state index contributed by atoms with van der Waals surface area (Å²) in [7, 11) is 0. The lowest BCUT2D eigenvalue weighted by Gasteiger charge is -2.18. The Morgan fingerprint density at radius 3 is 0.716 bits per heavy atom. The van der Waals surface area contributed by atoms with Gasteiger partial charge in [0.05, 0.1) is 0 Å². The lowest BCUT2D eigenvalue weighted by molar-refractivity contribution is -0.167. The van der Waals surface area contributed by atoms with Gasteiger partial charge in [-0.2, -0.15) is 0 Å². The van der Waals surface area contributed by atoms with E-state index in [0.717, 1.165) is 77.0 Å². The fourth-order valence-corrected chi connectivity index (χ4v) is 11.2. The van der Waals surface area contributed by atoms with Crippen molar-refractivity contribution in [2.24, 2.45) is 0 Å². The van der Waals surface area contributed by atoms with Crippen LogP contribution in [0.5, 0.6) is 0 Å². The lowest BCUT2D eigenvalue weighted by atomic mass is 10.0. The fourth-order valence-electron chi connectivity index (χ4n) is 11.2. The van der Waals surface area contributed by atoms with Crippen LogP contribution in [-0.4, -0.2) is 37.2 Å². The first-order valence-electron chi connectivity index (χ1n) is 36.5. The number of carbonyl (C=O) groups is 3. The molecule has 0 amide bonds. The second kappa shape index (κ2) is 70.1. The molecular formula is C75H140O6. The predicted octanol–water partition coefficient (Wildman–Crippen LogP) is 25.1. The highest BCUT2D eigenvalue weighted by molar-refractivity contribution is 5.71. The molecule has 0 saturated heterocycles. The van der Waals surface area contributed by atoms with Crippen LogP contribution in [0.25, 0.3) is 0 Å². The summed E-state index contributed by atoms with van der Waals surface area (Å²) in [4.78, 5) is 38.5. The Hall–Kier alpha value is -2.37. The number of esters is 3. The molecule has 0 rings (SSSR count). The predicted molar refractivity (Wildman–Crippen MR) is 353 cm³/mol. The largest absolute Gasteiger partial charge is 0.462 e. The van der Waals surface area contributed by atoms with Crippen LogP contribution in [0, 0.1) is 0 Å². The summed E-state index contributed by atoms with van der Waals surface area (Å²) >= 11 is 0. The Morgan fingerprint density at radius 1 is 0.247 bits per heavy atom. The highest BCUT2D eigenvalue weighted by atomic mass is 16.6. The molecule has 0 aromatic heterocycles. The SMILES string of the molecule is CCCCC/C=C\C/C=C\C/C=C\CCCCCCCCC(=O)OC(COC(=O)CCCCCCCCCCCCCCCCCCC)COC(=O)CCCCCCCCCCCCCCCCCCCCCCCCCCCCC. The van der Waals surface area contributed by atoms with Gasteiger partial charge in [0.15, 0.2) is 6.10 Å². The zero-order valence-corrected chi connectivity index (χ0v) is 54.8. The van der Waals surface area contributed by atoms with Crippen LogP contribution in [0.3, 0.4) is 0 Å². The maximum Gasteiger partial charge on any atom is 0.306 e. The van der Waals surface area contributed by atoms with E-state index in [0.29, 0.717) is 19.3 Å². The molecule has 0 aromatic carbocycles. The van der Waals surface area contributed by atoms with Crippen molar-refractivity contribution in [1.82, 2.24) is 0 Å². The zero-order valence-electron chi connectivity index (χ0n) is 54.8. The summed E-state index contributed by atoms with van der Waals surface area (Å²) in [6.07, 6.45) is 87.5. The molecule has 0 N–H and O–H groups in total. The fraction of sp³-hybridized carbons (Fsp3) is 0.880. The Bertz CT molecular complexity index is 1350. The van der Waals surface area contributed by atoms with E-state index >= 15 is 0 Å². The van der Waals surface area contributed by atoms with E-state index in [1.165, 1.54) is 289 Å². The zero-order chi connectivity index (χ0) is 58.5. The summed E-state index contributed by atoms with van der Waals surface area (Å²) < 4.78 is 17.0. The van der Waals surface area contributed by atoms with Crippen LogP contribution in [-0.2, 0) is 28.6 Å². The first kappa shape index (κ1) is 78.6. The van der Waals surface area contributed by atoms with Crippen molar-refractivity contribution in [2.45, 2.75) is 412 Å². The van der Waals surface area contributed by atoms with E-state index in [-0.39, 0.29) is 31.1 Å². The Labute approximate surface area is 506 Å². The normalized spacial score (nSPS) is 12.2. The van der Waals surface area contributed by atoms with Gasteiger partial charge in [-0.3, -0.25) is 14.4 Å². The molecule has 1 atom stereocenters. The minimum Gasteiger partial charge on any atom is -0.462 e. The van der Waals surface area contributed by atoms with Gasteiger partial charge in [0.1, 0.15) is 13.2 Å². The highest BCUT2D eigenvalue weighted by Gasteiger charge is 2.19. The molecule has 6 nitrogen and oxygen atoms in total. The summed E-state index contributed by atoms with van der Waals surface area (Å²) in [6.45, 7) is 6.69. The van der Waals surface area contributed by atoms with Crippen LogP contribution in [0.15, 0.2) is 36.5 Å². The third-order valence-electron chi connectivity index (χ3n) is 16.6. The van der Waals surface area contributed by atoms with Crippen molar-refractivity contribution in [1.29, 1.82) is 0 Å². The quantitative estimate of drug-likeness (QED) is 0.0261. The van der Waals surface area contributed by atoms with Crippen molar-refractivity contribution in [3.8, 4) is 0 Å². The smallest absolute Gasteiger partial charge is 0.306 e. The van der Waals surface area contributed by atoms with Crippen LogP contribution in [0.1, 0.15) is 406 Å². The van der Waals surface area contributed by atoms with Gasteiger partial charge in [-0.05, 0) is 57.8 Å². The van der Waals surface area contributed by atoms with Crippen molar-refractivity contribution >= 4 is 17.9 Å². The van der Waals surface area contributed by atoms with Crippen LogP contribution in [0.2, 0.25) is 0 Å². The first-order chi connectivity index (χ1) is 40.0. The van der Waals surface area contributed by atoms with Gasteiger partial charge in [0, 0.05) is 19.3 Å². The Balaban J connectivity index is 4.26. The minimum absolute atomic E-state index is 0.0717. The number of hydrogen-bond donors (Lipinski definition) is 0. The van der Waals surface area contributed by atoms with E-state index in [9.17, 15) is 14.4 Å². The van der Waals surface area contributed by atoms with Crippen molar-refractivity contribution in [2.75, 3.05) is 13.2 Å². The molecule has 1 unspecified atom stereocenters. The summed E-state index contributed by atoms with van der Waals surface area (Å²) in [6, 6.07) is 0. The van der Waals surface area contributed by atoms with Crippen LogP contribution >= 0.6 is 0 Å². The molecule has 0 fully saturated rings. The lowest BCUT2D eigenvalue weighted by Crippen LogP contribution is -2.30. The van der Waals surface area contributed by atoms with E-state index in [2.05, 4.69) is 57.2 Å². The molecule has 81 heavy (non-hydrogen) atoms. The van der Waals surface area contributed by atoms with Crippen LogP contribution < -0.4 is 0 Å². The van der Waals surface area contributed by atoms with Crippen LogP contribution in [0.4, 0.5) is 0 Å². The van der Waals surface area contributed by atoms with Gasteiger partial charge in [-0.25, -0.2) is 0 Å². The second-order valence-corrected chi connectivity index (χ2v) is 24.9. The molecule has 0 aliphatic heterocycles. The van der Waals surface area contributed by atoms with Crippen molar-refractivity contribution in [3.63, 3.8) is 0 Å². The molecule has 0 aromatic rings. The standard InChI is InChI=1S/C75H140O6/c1-4-7-10-13-16-19-22-25-28-31-33-34-35-36-37-38-39-40-42-44-47-50-53-56-59-62-65-68-74(77)80-71-72(70-79-73(76)67-64-61-58-55-52-49-46-43-30-27-24-21-18-15-12-9-6-3)81-75(78)69-66-63-60-57-54-51-48-45-41-32-29-26-23-20-17-14-11-8-5-2/h17,20,26,29,41,45,72H,4-16,18-19,21-25,27-28,30-40,42-44,46-71H2,1-3H3/b20-17-,29-26-,45-41-. The second-order valence-electron chi connectivity index (χ2n) is 24.9. The van der Waals surface area contributed by atoms with E-state index in [4.69, 9.17) is 14.2 Å². The number of ether oxygens (including phenoxy) is 3. The number of hydrogen-bond acceptors (Lipinski definition) is 6. The monoisotopic (exact) mass is 1140 g/mol. The molecule has 0 aliphatic carbocycles. The summed E-state index contributed by atoms with van der Waals surface area (Å²) in [5.41, 5.74) is 0. The molecule has 0 bridgehead atoms. The molecule has 0 heterocycles. The average Bonchev–Trinajstić information content (AvgIpc) is 3.47. The maximum absolute atomic E-state index is 13.0. The minimum atomic E-state index is -0.777. The summed E-state index contributed by atoms with van der Waals surface area (Å²) in [5, 5.41) is 0. The van der Waals surface area contributed by atoms with E-state index in [1.54, 1.807) is 0 Å². The first-order valence-corrected chi connectivity index (χ1v) is 36.5. The molecule has 476 valence electrons. The Morgan fingerprint density at radius 2 is 0.444 bits per heavy atom. The van der Waals surface area contributed by atoms with Gasteiger partial charge >= 0.3 is 17.9 Å². The number of allylic oxidation sites excluding steroid dienone is 6. The molecule has 6 heteroatoms. The van der Waals surface area contributed by atoms with Crippen molar-refractivity contribution < 1.29 is 28.6 Å².